The second kappa shape index (κ2) is 19.0. The maximum Gasteiger partial charge on any atom is 0.495 e. The molecule has 4 aromatic carbocycles. The third kappa shape index (κ3) is 11.7. The minimum absolute atomic E-state index is 0.0307. The number of aldehydes is 1. The summed E-state index contributed by atoms with van der Waals surface area (Å²) in [5, 5.41) is 10.1. The maximum atomic E-state index is 12.3. The van der Waals surface area contributed by atoms with Gasteiger partial charge in [0.05, 0.1) is 23.5 Å². The number of benzene rings is 4. The first-order chi connectivity index (χ1) is 26.0. The van der Waals surface area contributed by atoms with Gasteiger partial charge in [0.2, 0.25) is 0 Å². The van der Waals surface area contributed by atoms with Gasteiger partial charge < -0.3 is 46.6 Å². The SMILES string of the molecule is CC1(C)OB(c2cc(Oc3ccccc3)ccc2C=O)OC1(C)C.COP(=O)(CC1OB(O)c2cc(Oc3ccccc3)ccc21)OC.COP(C)(=O)OC. The molecule has 294 valence electrons. The summed E-state index contributed by atoms with van der Waals surface area (Å²) in [5.74, 6) is 2.66. The highest BCUT2D eigenvalue weighted by Gasteiger charge is 2.52. The van der Waals surface area contributed by atoms with E-state index in [4.69, 9.17) is 32.5 Å². The van der Waals surface area contributed by atoms with Gasteiger partial charge in [-0.05, 0) is 98.8 Å². The van der Waals surface area contributed by atoms with Gasteiger partial charge in [-0.2, -0.15) is 0 Å². The van der Waals surface area contributed by atoms with Crippen molar-refractivity contribution in [3.8, 4) is 23.0 Å². The van der Waals surface area contributed by atoms with Crippen molar-refractivity contribution in [1.29, 1.82) is 0 Å². The van der Waals surface area contributed by atoms with Gasteiger partial charge in [-0.3, -0.25) is 13.9 Å². The topological polar surface area (TPSA) is 155 Å². The van der Waals surface area contributed by atoms with E-state index in [1.54, 1.807) is 36.4 Å². The van der Waals surface area contributed by atoms with E-state index < -0.39 is 46.7 Å². The molecule has 0 aromatic heterocycles. The van der Waals surface area contributed by atoms with Crippen LogP contribution in [0.3, 0.4) is 0 Å². The monoisotopic (exact) mass is 796 g/mol. The summed E-state index contributed by atoms with van der Waals surface area (Å²) in [4.78, 5) is 11.4. The number of carbonyl (C=O) groups is 1. The highest BCUT2D eigenvalue weighted by molar-refractivity contribution is 7.53. The first-order valence-electron chi connectivity index (χ1n) is 17.3. The second-order valence-electron chi connectivity index (χ2n) is 13.4. The molecule has 1 saturated heterocycles. The summed E-state index contributed by atoms with van der Waals surface area (Å²) in [5.41, 5.74) is 1.62. The number of para-hydroxylation sites is 2. The summed E-state index contributed by atoms with van der Waals surface area (Å²) in [6, 6.07) is 29.4. The molecule has 0 aliphatic carbocycles. The van der Waals surface area contributed by atoms with Crippen LogP contribution in [0.15, 0.2) is 97.1 Å². The molecule has 0 radical (unpaired) electrons. The van der Waals surface area contributed by atoms with Crippen LogP contribution in [0, 0.1) is 0 Å². The molecule has 1 atom stereocenters. The lowest BCUT2D eigenvalue weighted by Crippen LogP contribution is -2.41. The third-order valence-corrected chi connectivity index (χ3v) is 12.4. The first-order valence-corrected chi connectivity index (χ1v) is 21.0. The zero-order valence-electron chi connectivity index (χ0n) is 32.5. The highest BCUT2D eigenvalue weighted by Crippen LogP contribution is 2.51. The molecule has 17 heteroatoms. The molecule has 1 N–H and O–H groups in total. The van der Waals surface area contributed by atoms with Crippen LogP contribution in [-0.4, -0.2) is 78.0 Å². The van der Waals surface area contributed by atoms with Gasteiger partial charge in [0, 0.05) is 40.7 Å². The van der Waals surface area contributed by atoms with Gasteiger partial charge in [0.25, 0.3) is 0 Å². The van der Waals surface area contributed by atoms with E-state index in [0.29, 0.717) is 33.7 Å². The average Bonchev–Trinajstić information content (AvgIpc) is 3.60. The number of fused-ring (bicyclic) bond motifs is 1. The summed E-state index contributed by atoms with van der Waals surface area (Å²) in [7, 11) is -2.25. The molecular weight excluding hydrogens is 748 g/mol. The van der Waals surface area contributed by atoms with E-state index in [1.807, 2.05) is 88.4 Å². The Balaban J connectivity index is 0.000000209. The van der Waals surface area contributed by atoms with E-state index in [9.17, 15) is 18.9 Å². The predicted molar refractivity (Wildman–Crippen MR) is 212 cm³/mol. The van der Waals surface area contributed by atoms with Crippen molar-refractivity contribution < 1.29 is 60.5 Å². The standard InChI is InChI=1S/C19H21BO4.C16H18BO6P.C3H9O3P/c1-18(2)19(3,4)24-20(23-18)17-12-16(11-10-14(17)13-21)22-15-8-6-5-7-9-15;1-20-24(19,21-2)11-16-14-9-8-13(10-15(14)17(18)23-16)22-12-6-4-3-5-7-12;1-5-7(3,4)6-2/h5-13H,1-4H3;3-10,16,18H,11H2,1-2H3;1-3H3. The van der Waals surface area contributed by atoms with Gasteiger partial charge in [-0.1, -0.05) is 42.5 Å². The van der Waals surface area contributed by atoms with Crippen LogP contribution in [0.25, 0.3) is 0 Å². The summed E-state index contributed by atoms with van der Waals surface area (Å²) in [6.07, 6.45) is 0.279. The zero-order chi connectivity index (χ0) is 40.4. The Morgan fingerprint density at radius 1 is 0.691 bits per heavy atom. The fourth-order valence-electron chi connectivity index (χ4n) is 5.22. The maximum absolute atomic E-state index is 12.3. The second-order valence-corrected chi connectivity index (χ2v) is 18.0. The lowest BCUT2D eigenvalue weighted by molar-refractivity contribution is 0.00578. The van der Waals surface area contributed by atoms with Crippen LogP contribution in [0.1, 0.15) is 49.7 Å². The highest BCUT2D eigenvalue weighted by atomic mass is 31.2. The molecule has 2 aliphatic heterocycles. The third-order valence-electron chi connectivity index (χ3n) is 9.22. The lowest BCUT2D eigenvalue weighted by Gasteiger charge is -2.32. The van der Waals surface area contributed by atoms with Crippen LogP contribution >= 0.6 is 15.2 Å². The molecule has 0 bridgehead atoms. The molecule has 1 fully saturated rings. The normalized spacial score (nSPS) is 16.9. The van der Waals surface area contributed by atoms with Gasteiger partial charge >= 0.3 is 29.4 Å². The Bertz CT molecular complexity index is 1930. The molecule has 55 heavy (non-hydrogen) atoms. The van der Waals surface area contributed by atoms with E-state index >= 15 is 0 Å². The fraction of sp³-hybridized carbons (Fsp3) is 0.342. The summed E-state index contributed by atoms with van der Waals surface area (Å²) >= 11 is 0. The Hall–Kier alpha value is -3.58. The first kappa shape index (κ1) is 44.1. The minimum Gasteiger partial charge on any atom is -0.457 e. The van der Waals surface area contributed by atoms with Crippen molar-refractivity contribution in [3.63, 3.8) is 0 Å². The molecule has 6 rings (SSSR count). The Morgan fingerprint density at radius 2 is 1.16 bits per heavy atom. The summed E-state index contributed by atoms with van der Waals surface area (Å²) in [6.45, 7) is 9.35. The molecule has 2 aliphatic rings. The number of hydrogen-bond donors (Lipinski definition) is 1. The van der Waals surface area contributed by atoms with Gasteiger partial charge in [-0.15, -0.1) is 0 Å². The largest absolute Gasteiger partial charge is 0.495 e. The van der Waals surface area contributed by atoms with Crippen LogP contribution in [0.5, 0.6) is 23.0 Å². The van der Waals surface area contributed by atoms with Crippen molar-refractivity contribution in [1.82, 2.24) is 0 Å². The van der Waals surface area contributed by atoms with Gasteiger partial charge in [-0.25, -0.2) is 0 Å². The van der Waals surface area contributed by atoms with E-state index in [0.717, 1.165) is 17.6 Å². The number of ether oxygens (including phenoxy) is 2. The van der Waals surface area contributed by atoms with Crippen LogP contribution < -0.4 is 20.4 Å². The fourth-order valence-corrected chi connectivity index (χ4v) is 6.50. The number of hydrogen-bond acceptors (Lipinski definition) is 13. The molecule has 0 amide bonds. The van der Waals surface area contributed by atoms with Crippen molar-refractivity contribution >= 4 is 46.6 Å². The Labute approximate surface area is 323 Å². The van der Waals surface area contributed by atoms with Gasteiger partial charge in [0.15, 0.2) is 0 Å². The van der Waals surface area contributed by atoms with Crippen LogP contribution in [0.2, 0.25) is 0 Å². The van der Waals surface area contributed by atoms with Crippen LogP contribution in [-0.2, 0) is 41.2 Å². The lowest BCUT2D eigenvalue weighted by atomic mass is 9.76. The van der Waals surface area contributed by atoms with E-state index in [2.05, 4.69) is 9.05 Å². The molecule has 0 saturated carbocycles. The predicted octanol–water partition coefficient (Wildman–Crippen LogP) is 7.42. The average molecular weight is 796 g/mol. The molecule has 2 heterocycles. The van der Waals surface area contributed by atoms with E-state index in [-0.39, 0.29) is 6.16 Å². The van der Waals surface area contributed by atoms with Crippen molar-refractivity contribution in [2.75, 3.05) is 41.3 Å². The molecule has 4 aromatic rings. The van der Waals surface area contributed by atoms with E-state index in [1.165, 1.54) is 35.1 Å². The minimum atomic E-state index is -3.25. The number of carbonyl (C=O) groups excluding carboxylic acids is 1. The van der Waals surface area contributed by atoms with Crippen molar-refractivity contribution in [2.45, 2.75) is 45.0 Å². The smallest absolute Gasteiger partial charge is 0.457 e. The Morgan fingerprint density at radius 3 is 1.60 bits per heavy atom. The summed E-state index contributed by atoms with van der Waals surface area (Å²) < 4.78 is 70.8. The van der Waals surface area contributed by atoms with Gasteiger partial charge in [0.1, 0.15) is 29.3 Å². The Kier molecular flexibility index (Phi) is 15.3. The molecule has 13 nitrogen and oxygen atoms in total. The molecule has 0 spiro atoms. The van der Waals surface area contributed by atoms with Crippen LogP contribution in [0.4, 0.5) is 0 Å². The van der Waals surface area contributed by atoms with Crippen molar-refractivity contribution in [3.05, 3.63) is 108 Å². The van der Waals surface area contributed by atoms with Crippen molar-refractivity contribution in [2.24, 2.45) is 0 Å². The zero-order valence-corrected chi connectivity index (χ0v) is 34.3. The number of rotatable bonds is 12. The molecular formula is C38H48B2O13P2. The molecule has 1 unspecified atom stereocenters. The quantitative estimate of drug-likeness (QED) is 0.0860.